The van der Waals surface area contributed by atoms with Gasteiger partial charge < -0.3 is 45.2 Å². The highest BCUT2D eigenvalue weighted by Gasteiger charge is 2.51. The molecule has 0 bridgehead atoms. The molecule has 3 aliphatic heterocycles. The molecule has 3 atom stereocenters. The number of fused-ring (bicyclic) bond motifs is 2. The summed E-state index contributed by atoms with van der Waals surface area (Å²) in [7, 11) is 1.46. The fraction of sp³-hybridized carbons (Fsp3) is 0.667. The summed E-state index contributed by atoms with van der Waals surface area (Å²) in [6, 6.07) is 2.58. The molecule has 5 fully saturated rings. The van der Waals surface area contributed by atoms with Crippen molar-refractivity contribution < 1.29 is 33.6 Å². The van der Waals surface area contributed by atoms with Crippen LogP contribution in [0.1, 0.15) is 89.2 Å². The maximum atomic E-state index is 17.2. The fourth-order valence-electron chi connectivity index (χ4n) is 10.3. The summed E-state index contributed by atoms with van der Waals surface area (Å²) in [6.07, 6.45) is 12.7. The van der Waals surface area contributed by atoms with E-state index in [0.29, 0.717) is 53.7 Å². The second kappa shape index (κ2) is 17.1. The SMILES string of the molecule is CCO.COc1nc(-c2c(C)c(Cl)cc(N)c2C=N)c(F)c2nc(OCC34CCCC3N(C3CCC5(CCOC5)CC3)CCC4)nc(N3CCOC[C@@](C)(O)C3)c12. The number of likely N-dealkylation sites (tertiary alicyclic amines) is 1. The van der Waals surface area contributed by atoms with Crippen LogP contribution in [0.15, 0.2) is 6.07 Å². The van der Waals surface area contributed by atoms with Gasteiger partial charge in [-0.15, -0.1) is 0 Å². The van der Waals surface area contributed by atoms with Crippen molar-refractivity contribution in [2.24, 2.45) is 10.8 Å². The predicted molar refractivity (Wildman–Crippen MR) is 219 cm³/mol. The Balaban J connectivity index is 0.00000160. The summed E-state index contributed by atoms with van der Waals surface area (Å²) in [6.45, 7) is 9.73. The number of ether oxygens (including phenoxy) is 4. The van der Waals surface area contributed by atoms with E-state index in [2.05, 4.69) is 9.88 Å². The number of piperidine rings is 1. The zero-order valence-electron chi connectivity index (χ0n) is 33.8. The number of rotatable bonds is 8. The second-order valence-electron chi connectivity index (χ2n) is 17.1. The summed E-state index contributed by atoms with van der Waals surface area (Å²) in [5.74, 6) is -0.325. The van der Waals surface area contributed by atoms with Crippen LogP contribution in [-0.2, 0) is 9.47 Å². The normalized spacial score (nSPS) is 29.2. The third-order valence-corrected chi connectivity index (χ3v) is 13.5. The molecule has 3 saturated heterocycles. The Morgan fingerprint density at radius 3 is 2.51 bits per heavy atom. The molecule has 0 amide bonds. The predicted octanol–water partition coefficient (Wildman–Crippen LogP) is 6.33. The van der Waals surface area contributed by atoms with Crippen LogP contribution < -0.4 is 20.1 Å². The molecule has 2 saturated carbocycles. The molecule has 2 aromatic heterocycles. The van der Waals surface area contributed by atoms with Gasteiger partial charge in [0.1, 0.15) is 28.0 Å². The van der Waals surface area contributed by atoms with E-state index >= 15 is 4.39 Å². The van der Waals surface area contributed by atoms with Gasteiger partial charge in [-0.2, -0.15) is 9.97 Å². The van der Waals surface area contributed by atoms with Gasteiger partial charge in [0.2, 0.25) is 5.88 Å². The first kappa shape index (κ1) is 41.7. The van der Waals surface area contributed by atoms with E-state index in [9.17, 15) is 5.11 Å². The first-order valence-electron chi connectivity index (χ1n) is 20.6. The lowest BCUT2D eigenvalue weighted by Gasteiger charge is -2.51. The molecule has 2 unspecified atom stereocenters. The van der Waals surface area contributed by atoms with Crippen LogP contribution in [0, 0.1) is 29.0 Å². The van der Waals surface area contributed by atoms with Crippen LogP contribution in [0.5, 0.6) is 11.9 Å². The summed E-state index contributed by atoms with van der Waals surface area (Å²) in [4.78, 5) is 19.0. The van der Waals surface area contributed by atoms with Crippen LogP contribution in [-0.4, -0.2) is 120 Å². The van der Waals surface area contributed by atoms with Crippen LogP contribution in [0.4, 0.5) is 15.9 Å². The van der Waals surface area contributed by atoms with E-state index in [-0.39, 0.29) is 70.5 Å². The van der Waals surface area contributed by atoms with Crippen molar-refractivity contribution in [2.75, 3.05) is 77.0 Å². The number of aromatic nitrogens is 3. The molecule has 2 aliphatic carbocycles. The van der Waals surface area contributed by atoms with Crippen molar-refractivity contribution >= 4 is 40.2 Å². The van der Waals surface area contributed by atoms with Gasteiger partial charge in [0.25, 0.3) is 0 Å². The number of benzene rings is 1. The van der Waals surface area contributed by atoms with E-state index < -0.39 is 11.4 Å². The van der Waals surface area contributed by atoms with E-state index in [0.717, 1.165) is 58.1 Å². The molecule has 5 heterocycles. The summed E-state index contributed by atoms with van der Waals surface area (Å²) in [5.41, 5.74) is 6.57. The lowest BCUT2D eigenvalue weighted by molar-refractivity contribution is -0.0405. The molecule has 57 heavy (non-hydrogen) atoms. The summed E-state index contributed by atoms with van der Waals surface area (Å²) < 4.78 is 41.3. The third-order valence-electron chi connectivity index (χ3n) is 13.1. The summed E-state index contributed by atoms with van der Waals surface area (Å²) in [5, 5.41) is 27.5. The minimum atomic E-state index is -1.20. The number of aliphatic hydroxyl groups excluding tert-OH is 1. The topological polar surface area (TPSA) is 172 Å². The highest BCUT2D eigenvalue weighted by Crippen LogP contribution is 2.52. The minimum absolute atomic E-state index is 0.0479. The molecular formula is C42H59ClFN7O6. The van der Waals surface area contributed by atoms with E-state index in [1.54, 1.807) is 26.8 Å². The zero-order valence-corrected chi connectivity index (χ0v) is 34.6. The number of hydrogen-bond acceptors (Lipinski definition) is 13. The molecule has 5 N–H and O–H groups in total. The highest BCUT2D eigenvalue weighted by atomic mass is 35.5. The molecular weight excluding hydrogens is 753 g/mol. The first-order chi connectivity index (χ1) is 27.4. The van der Waals surface area contributed by atoms with E-state index in [1.165, 1.54) is 39.2 Å². The largest absolute Gasteiger partial charge is 0.480 e. The molecule has 3 aromatic rings. The number of anilines is 2. The highest BCUT2D eigenvalue weighted by molar-refractivity contribution is 6.32. The molecule has 8 rings (SSSR count). The Morgan fingerprint density at radius 1 is 1.07 bits per heavy atom. The lowest BCUT2D eigenvalue weighted by Crippen LogP contribution is -2.56. The summed E-state index contributed by atoms with van der Waals surface area (Å²) >= 11 is 6.55. The van der Waals surface area contributed by atoms with E-state index in [4.69, 9.17) is 56.8 Å². The maximum absolute atomic E-state index is 17.2. The van der Waals surface area contributed by atoms with Gasteiger partial charge in [0, 0.05) is 65.3 Å². The number of pyridine rings is 1. The standard InChI is InChI=1S/C40H53ClFN7O5.C2H6O/c1-24-27(41)18-28(44)26(19-43)30(24)33-32(42)34-31(36(45-33)51-3)35(48-15-17-53-21-38(2,50)20-48)47-37(46-34)54-23-40-9-4-6-29(40)49(14-5-10-40)25-7-11-39(12-8-25)13-16-52-22-39;1-2-3/h18-19,25,29,43,50H,4-17,20-23,44H2,1-3H3;3H,2H2,1H3/t25?,29?,38-,39?,40?;/m0./s1. The van der Waals surface area contributed by atoms with Crippen molar-refractivity contribution in [3.05, 3.63) is 28.0 Å². The molecule has 5 aliphatic rings. The van der Waals surface area contributed by atoms with Gasteiger partial charge in [-0.3, -0.25) is 4.90 Å². The molecule has 13 nitrogen and oxygen atoms in total. The molecule has 0 radical (unpaired) electrons. The van der Waals surface area contributed by atoms with Crippen LogP contribution >= 0.6 is 11.6 Å². The van der Waals surface area contributed by atoms with Crippen molar-refractivity contribution in [2.45, 2.75) is 103 Å². The Labute approximate surface area is 339 Å². The number of nitrogens with two attached hydrogens (primary N) is 1. The average molecular weight is 812 g/mol. The van der Waals surface area contributed by atoms with Gasteiger partial charge in [-0.1, -0.05) is 18.0 Å². The number of hydrogen-bond donors (Lipinski definition) is 4. The average Bonchev–Trinajstić information content (AvgIpc) is 3.80. The van der Waals surface area contributed by atoms with Crippen LogP contribution in [0.3, 0.4) is 0 Å². The van der Waals surface area contributed by atoms with Crippen LogP contribution in [0.25, 0.3) is 22.2 Å². The number of aliphatic hydroxyl groups is 2. The number of methoxy groups -OCH3 is 1. The van der Waals surface area contributed by atoms with Crippen molar-refractivity contribution in [3.8, 4) is 23.1 Å². The Hall–Kier alpha value is -3.40. The molecule has 1 aromatic carbocycles. The fourth-order valence-corrected chi connectivity index (χ4v) is 10.5. The lowest BCUT2D eigenvalue weighted by atomic mass is 9.69. The number of nitrogen functional groups attached to an aromatic ring is 1. The first-order valence-corrected chi connectivity index (χ1v) is 20.9. The Bertz CT molecular complexity index is 1940. The van der Waals surface area contributed by atoms with E-state index in [1.807, 2.05) is 4.90 Å². The van der Waals surface area contributed by atoms with Crippen LogP contribution in [0.2, 0.25) is 5.02 Å². The monoisotopic (exact) mass is 811 g/mol. The van der Waals surface area contributed by atoms with Gasteiger partial charge in [-0.25, -0.2) is 9.37 Å². The smallest absolute Gasteiger partial charge is 0.319 e. The Kier molecular flexibility index (Phi) is 12.5. The number of nitrogens with zero attached hydrogens (tertiary/aromatic N) is 5. The van der Waals surface area contributed by atoms with Gasteiger partial charge in [0.05, 0.1) is 40.1 Å². The number of nitrogens with one attached hydrogen (secondary N) is 1. The zero-order chi connectivity index (χ0) is 40.5. The number of halogens is 2. The van der Waals surface area contributed by atoms with Gasteiger partial charge in [0.15, 0.2) is 5.82 Å². The second-order valence-corrected chi connectivity index (χ2v) is 17.5. The van der Waals surface area contributed by atoms with Gasteiger partial charge in [-0.05, 0) is 102 Å². The molecule has 15 heteroatoms. The van der Waals surface area contributed by atoms with Gasteiger partial charge >= 0.3 is 6.01 Å². The Morgan fingerprint density at radius 2 is 1.81 bits per heavy atom. The van der Waals surface area contributed by atoms with Crippen molar-refractivity contribution in [1.82, 2.24) is 19.9 Å². The molecule has 1 spiro atoms. The number of β-amino-alcohol motifs (C(OH)–C–C–N with tert-alkyl or cyclic N) is 1. The maximum Gasteiger partial charge on any atom is 0.319 e. The molecule has 312 valence electrons. The van der Waals surface area contributed by atoms with Crippen molar-refractivity contribution in [1.29, 1.82) is 5.41 Å². The van der Waals surface area contributed by atoms with Crippen molar-refractivity contribution in [3.63, 3.8) is 0 Å². The quantitative estimate of drug-likeness (QED) is 0.147. The minimum Gasteiger partial charge on any atom is -0.480 e. The third kappa shape index (κ3) is 8.14.